The van der Waals surface area contributed by atoms with Crippen LogP contribution in [0.2, 0.25) is 0 Å². The minimum atomic E-state index is -0.936. The van der Waals surface area contributed by atoms with Gasteiger partial charge in [-0.25, -0.2) is 4.79 Å². The van der Waals surface area contributed by atoms with E-state index in [1.54, 1.807) is 7.05 Å². The van der Waals surface area contributed by atoms with Crippen molar-refractivity contribution in [1.82, 2.24) is 5.32 Å². The molecular formula is C4H7NO2. The molecular weight excluding hydrogens is 94.0 g/mol. The molecule has 0 fully saturated rings. The standard InChI is InChI=1S/C4H7NO2/c1-5-3-2-4(6)7/h2-3,5H,1H3,(H,6,7)/b3-2-. The van der Waals surface area contributed by atoms with Crippen molar-refractivity contribution < 1.29 is 9.90 Å². The molecule has 3 heteroatoms. The van der Waals surface area contributed by atoms with E-state index >= 15 is 0 Å². The van der Waals surface area contributed by atoms with Gasteiger partial charge in [0.1, 0.15) is 0 Å². The molecule has 0 aliphatic carbocycles. The second-order valence-corrected chi connectivity index (χ2v) is 0.960. The number of carboxylic acid groups (broad SMARTS) is 1. The Kier molecular flexibility index (Phi) is 2.76. The second-order valence-electron chi connectivity index (χ2n) is 0.960. The summed E-state index contributed by atoms with van der Waals surface area (Å²) in [6.07, 6.45) is 2.38. The summed E-state index contributed by atoms with van der Waals surface area (Å²) in [6.45, 7) is 0. The molecule has 2 N–H and O–H groups in total. The van der Waals surface area contributed by atoms with Crippen LogP contribution in [-0.2, 0) is 4.79 Å². The van der Waals surface area contributed by atoms with Gasteiger partial charge in [0, 0.05) is 19.3 Å². The number of rotatable bonds is 2. The molecule has 0 atom stereocenters. The first-order valence-electron chi connectivity index (χ1n) is 1.84. The Labute approximate surface area is 41.7 Å². The van der Waals surface area contributed by atoms with Gasteiger partial charge in [0.25, 0.3) is 0 Å². The van der Waals surface area contributed by atoms with Crippen LogP contribution < -0.4 is 5.32 Å². The highest BCUT2D eigenvalue weighted by Gasteiger charge is 1.78. The van der Waals surface area contributed by atoms with Crippen molar-refractivity contribution in [1.29, 1.82) is 0 Å². The van der Waals surface area contributed by atoms with Gasteiger partial charge in [-0.05, 0) is 0 Å². The SMILES string of the molecule is CN/C=C\C(=O)O. The minimum absolute atomic E-state index is 0.936. The summed E-state index contributed by atoms with van der Waals surface area (Å²) in [4.78, 5) is 9.63. The van der Waals surface area contributed by atoms with E-state index in [1.807, 2.05) is 0 Å². The number of hydrogen-bond acceptors (Lipinski definition) is 2. The van der Waals surface area contributed by atoms with Crippen molar-refractivity contribution in [2.24, 2.45) is 0 Å². The van der Waals surface area contributed by atoms with E-state index < -0.39 is 5.97 Å². The lowest BCUT2D eigenvalue weighted by Crippen LogP contribution is -1.95. The molecule has 0 heterocycles. The Morgan fingerprint density at radius 3 is 2.57 bits per heavy atom. The topological polar surface area (TPSA) is 49.3 Å². The quantitative estimate of drug-likeness (QED) is 0.474. The van der Waals surface area contributed by atoms with Gasteiger partial charge >= 0.3 is 5.97 Å². The predicted octanol–water partition coefficient (Wildman–Crippen LogP) is -0.196. The smallest absolute Gasteiger partial charge is 0.329 e. The Morgan fingerprint density at radius 1 is 1.86 bits per heavy atom. The lowest BCUT2D eigenvalue weighted by Gasteiger charge is -1.78. The van der Waals surface area contributed by atoms with Crippen LogP contribution in [0.25, 0.3) is 0 Å². The average Bonchev–Trinajstić information content (AvgIpc) is 1.61. The van der Waals surface area contributed by atoms with Crippen molar-refractivity contribution in [3.05, 3.63) is 12.3 Å². The summed E-state index contributed by atoms with van der Waals surface area (Å²) in [5, 5.41) is 10.5. The summed E-state index contributed by atoms with van der Waals surface area (Å²) in [5.74, 6) is -0.936. The summed E-state index contributed by atoms with van der Waals surface area (Å²) < 4.78 is 0. The zero-order chi connectivity index (χ0) is 5.70. The third-order valence-electron chi connectivity index (χ3n) is 0.393. The Hall–Kier alpha value is -0.990. The van der Waals surface area contributed by atoms with Gasteiger partial charge in [-0.15, -0.1) is 0 Å². The van der Waals surface area contributed by atoms with Gasteiger partial charge in [0.15, 0.2) is 0 Å². The van der Waals surface area contributed by atoms with E-state index in [0.717, 1.165) is 6.08 Å². The van der Waals surface area contributed by atoms with E-state index in [0.29, 0.717) is 0 Å². The fraction of sp³-hybridized carbons (Fsp3) is 0.250. The molecule has 3 nitrogen and oxygen atoms in total. The lowest BCUT2D eigenvalue weighted by atomic mass is 10.6. The molecule has 7 heavy (non-hydrogen) atoms. The zero-order valence-corrected chi connectivity index (χ0v) is 4.01. The number of nitrogens with one attached hydrogen (secondary N) is 1. The van der Waals surface area contributed by atoms with Crippen LogP contribution in [0.15, 0.2) is 12.3 Å². The number of hydrogen-bond donors (Lipinski definition) is 2. The highest BCUT2D eigenvalue weighted by molar-refractivity contribution is 5.79. The van der Waals surface area contributed by atoms with Crippen molar-refractivity contribution in [2.75, 3.05) is 7.05 Å². The lowest BCUT2D eigenvalue weighted by molar-refractivity contribution is -0.131. The maximum absolute atomic E-state index is 9.63. The molecule has 0 saturated heterocycles. The third kappa shape index (κ3) is 5.01. The van der Waals surface area contributed by atoms with Crippen LogP contribution in [0.1, 0.15) is 0 Å². The monoisotopic (exact) mass is 101 g/mol. The van der Waals surface area contributed by atoms with E-state index in [-0.39, 0.29) is 0 Å². The molecule has 0 aliphatic rings. The zero-order valence-electron chi connectivity index (χ0n) is 4.01. The molecule has 0 aromatic heterocycles. The van der Waals surface area contributed by atoms with Crippen LogP contribution in [0.4, 0.5) is 0 Å². The molecule has 40 valence electrons. The summed E-state index contributed by atoms with van der Waals surface area (Å²) in [7, 11) is 1.64. The maximum atomic E-state index is 9.63. The van der Waals surface area contributed by atoms with Gasteiger partial charge in [-0.2, -0.15) is 0 Å². The fourth-order valence-corrected chi connectivity index (χ4v) is 0.155. The molecule has 0 unspecified atom stereocenters. The molecule has 0 bridgehead atoms. The first-order valence-corrected chi connectivity index (χ1v) is 1.84. The molecule has 0 saturated carbocycles. The molecule has 0 aromatic carbocycles. The second kappa shape index (κ2) is 3.21. The normalized spacial score (nSPS) is 9.29. The van der Waals surface area contributed by atoms with E-state index in [2.05, 4.69) is 5.32 Å². The van der Waals surface area contributed by atoms with E-state index in [9.17, 15) is 4.79 Å². The Morgan fingerprint density at radius 2 is 2.43 bits per heavy atom. The molecule has 0 spiro atoms. The molecule has 0 aliphatic heterocycles. The maximum Gasteiger partial charge on any atom is 0.329 e. The van der Waals surface area contributed by atoms with E-state index in [4.69, 9.17) is 5.11 Å². The Bertz CT molecular complexity index is 87.7. The van der Waals surface area contributed by atoms with Crippen molar-refractivity contribution in [3.8, 4) is 0 Å². The first-order chi connectivity index (χ1) is 3.27. The van der Waals surface area contributed by atoms with Crippen molar-refractivity contribution >= 4 is 5.97 Å². The highest BCUT2D eigenvalue weighted by atomic mass is 16.4. The molecule has 0 amide bonds. The largest absolute Gasteiger partial charge is 0.478 e. The summed E-state index contributed by atoms with van der Waals surface area (Å²) >= 11 is 0. The van der Waals surface area contributed by atoms with Gasteiger partial charge in [-0.1, -0.05) is 0 Å². The highest BCUT2D eigenvalue weighted by Crippen LogP contribution is 1.62. The van der Waals surface area contributed by atoms with Gasteiger partial charge in [0.2, 0.25) is 0 Å². The predicted molar refractivity (Wildman–Crippen MR) is 25.8 cm³/mol. The molecule has 0 radical (unpaired) electrons. The molecule has 0 aromatic rings. The van der Waals surface area contributed by atoms with Crippen LogP contribution in [0, 0.1) is 0 Å². The minimum Gasteiger partial charge on any atom is -0.478 e. The molecule has 0 rings (SSSR count). The van der Waals surface area contributed by atoms with Crippen molar-refractivity contribution in [2.45, 2.75) is 0 Å². The van der Waals surface area contributed by atoms with E-state index in [1.165, 1.54) is 6.20 Å². The fourth-order valence-electron chi connectivity index (χ4n) is 0.155. The first kappa shape index (κ1) is 6.01. The summed E-state index contributed by atoms with van der Waals surface area (Å²) in [5.41, 5.74) is 0. The van der Waals surface area contributed by atoms with Gasteiger partial charge in [0.05, 0.1) is 0 Å². The van der Waals surface area contributed by atoms with Crippen LogP contribution in [-0.4, -0.2) is 18.1 Å². The van der Waals surface area contributed by atoms with Crippen molar-refractivity contribution in [3.63, 3.8) is 0 Å². The number of carbonyl (C=O) groups is 1. The Balaban J connectivity index is 3.26. The van der Waals surface area contributed by atoms with Crippen LogP contribution >= 0.6 is 0 Å². The summed E-state index contributed by atoms with van der Waals surface area (Å²) in [6, 6.07) is 0. The van der Waals surface area contributed by atoms with Gasteiger partial charge in [-0.3, -0.25) is 0 Å². The van der Waals surface area contributed by atoms with Crippen LogP contribution in [0.3, 0.4) is 0 Å². The number of aliphatic carboxylic acids is 1. The number of carboxylic acids is 1. The third-order valence-corrected chi connectivity index (χ3v) is 0.393. The van der Waals surface area contributed by atoms with Gasteiger partial charge < -0.3 is 10.4 Å². The average molecular weight is 101 g/mol. The van der Waals surface area contributed by atoms with Crippen LogP contribution in [0.5, 0.6) is 0 Å².